The SMILES string of the molecule is Cl.N[C@@H]1CN(C(=O)C2C3CCCCC32)C[C@H]1c1ccccc1. The van der Waals surface area contributed by atoms with E-state index in [4.69, 9.17) is 5.73 Å². The molecule has 1 saturated heterocycles. The fourth-order valence-electron chi connectivity index (χ4n) is 4.63. The molecule has 1 aromatic carbocycles. The second-order valence-corrected chi connectivity index (χ2v) is 7.06. The second-order valence-electron chi connectivity index (χ2n) is 7.06. The quantitative estimate of drug-likeness (QED) is 0.910. The smallest absolute Gasteiger partial charge is 0.226 e. The Morgan fingerprint density at radius 3 is 2.32 bits per heavy atom. The molecule has 0 aromatic heterocycles. The standard InChI is InChI=1S/C18H24N2O.ClH/c19-16-11-20(10-15(16)12-6-2-1-3-7-12)18(21)17-13-8-4-5-9-14(13)17;/h1-3,6-7,13-17H,4-5,8-11,19H2;1H/t13?,14?,15-,16+,17?;/m0./s1. The Kier molecular flexibility index (Phi) is 4.47. The number of nitrogens with zero attached hydrogens (tertiary/aromatic N) is 1. The molecule has 0 radical (unpaired) electrons. The van der Waals surface area contributed by atoms with Gasteiger partial charge >= 0.3 is 0 Å². The summed E-state index contributed by atoms with van der Waals surface area (Å²) in [4.78, 5) is 14.8. The van der Waals surface area contributed by atoms with Gasteiger partial charge in [0, 0.05) is 31.0 Å². The molecule has 2 unspecified atom stereocenters. The number of carbonyl (C=O) groups excluding carboxylic acids is 1. The first-order valence-electron chi connectivity index (χ1n) is 8.35. The minimum Gasteiger partial charge on any atom is -0.340 e. The van der Waals surface area contributed by atoms with Crippen molar-refractivity contribution in [1.82, 2.24) is 4.90 Å². The summed E-state index contributed by atoms with van der Waals surface area (Å²) in [5, 5.41) is 0. The highest BCUT2D eigenvalue weighted by atomic mass is 35.5. The average molecular weight is 321 g/mol. The number of nitrogens with two attached hydrogens (primary N) is 1. The molecule has 3 fully saturated rings. The minimum absolute atomic E-state index is 0. The van der Waals surface area contributed by atoms with Crippen molar-refractivity contribution in [3.8, 4) is 0 Å². The van der Waals surface area contributed by atoms with Gasteiger partial charge in [-0.15, -0.1) is 12.4 Å². The number of amides is 1. The third-order valence-corrected chi connectivity index (χ3v) is 5.85. The maximum absolute atomic E-state index is 12.8. The lowest BCUT2D eigenvalue weighted by Crippen LogP contribution is -2.33. The highest BCUT2D eigenvalue weighted by Crippen LogP contribution is 2.56. The van der Waals surface area contributed by atoms with Crippen LogP contribution in [0.5, 0.6) is 0 Å². The van der Waals surface area contributed by atoms with Gasteiger partial charge in [0.1, 0.15) is 0 Å². The normalized spacial score (nSPS) is 36.4. The number of benzene rings is 1. The van der Waals surface area contributed by atoms with E-state index in [2.05, 4.69) is 24.3 Å². The van der Waals surface area contributed by atoms with Crippen LogP contribution in [0.25, 0.3) is 0 Å². The summed E-state index contributed by atoms with van der Waals surface area (Å²) >= 11 is 0. The molecule has 1 aliphatic heterocycles. The number of carbonyl (C=O) groups is 1. The van der Waals surface area contributed by atoms with E-state index in [1.165, 1.54) is 31.2 Å². The number of fused-ring (bicyclic) bond motifs is 1. The fraction of sp³-hybridized carbons (Fsp3) is 0.611. The molecule has 22 heavy (non-hydrogen) atoms. The third kappa shape index (κ3) is 2.65. The Balaban J connectivity index is 0.00000144. The van der Waals surface area contributed by atoms with Crippen LogP contribution in [0, 0.1) is 17.8 Å². The molecule has 2 saturated carbocycles. The van der Waals surface area contributed by atoms with E-state index >= 15 is 0 Å². The van der Waals surface area contributed by atoms with Crippen LogP contribution in [0.2, 0.25) is 0 Å². The molecule has 4 rings (SSSR count). The van der Waals surface area contributed by atoms with Crippen LogP contribution < -0.4 is 5.73 Å². The second kappa shape index (κ2) is 6.21. The van der Waals surface area contributed by atoms with Crippen LogP contribution in [-0.4, -0.2) is 29.9 Å². The van der Waals surface area contributed by atoms with Gasteiger partial charge in [-0.2, -0.15) is 0 Å². The van der Waals surface area contributed by atoms with Gasteiger partial charge in [-0.05, 0) is 30.2 Å². The molecule has 4 heteroatoms. The maximum Gasteiger partial charge on any atom is 0.226 e. The summed E-state index contributed by atoms with van der Waals surface area (Å²) < 4.78 is 0. The first-order valence-corrected chi connectivity index (χ1v) is 8.35. The van der Waals surface area contributed by atoms with Crippen molar-refractivity contribution in [1.29, 1.82) is 0 Å². The van der Waals surface area contributed by atoms with Crippen molar-refractivity contribution in [2.45, 2.75) is 37.6 Å². The number of hydrogen-bond donors (Lipinski definition) is 1. The average Bonchev–Trinajstić information content (AvgIpc) is 3.13. The number of rotatable bonds is 2. The summed E-state index contributed by atoms with van der Waals surface area (Å²) in [5.74, 6) is 2.41. The number of halogens is 1. The zero-order valence-corrected chi connectivity index (χ0v) is 13.7. The van der Waals surface area contributed by atoms with Gasteiger partial charge in [0.05, 0.1) is 0 Å². The highest BCUT2D eigenvalue weighted by Gasteiger charge is 2.56. The fourth-order valence-corrected chi connectivity index (χ4v) is 4.63. The molecule has 1 heterocycles. The maximum atomic E-state index is 12.8. The van der Waals surface area contributed by atoms with Crippen molar-refractivity contribution in [2.75, 3.05) is 13.1 Å². The van der Waals surface area contributed by atoms with Crippen molar-refractivity contribution >= 4 is 18.3 Å². The Labute approximate surface area is 138 Å². The third-order valence-electron chi connectivity index (χ3n) is 5.85. The van der Waals surface area contributed by atoms with Crippen LogP contribution in [0.3, 0.4) is 0 Å². The highest BCUT2D eigenvalue weighted by molar-refractivity contribution is 5.85. The predicted molar refractivity (Wildman–Crippen MR) is 89.9 cm³/mol. The lowest BCUT2D eigenvalue weighted by Gasteiger charge is -2.16. The molecule has 2 N–H and O–H groups in total. The van der Waals surface area contributed by atoms with Gasteiger partial charge in [-0.25, -0.2) is 0 Å². The largest absolute Gasteiger partial charge is 0.340 e. The van der Waals surface area contributed by atoms with Gasteiger partial charge in [-0.3, -0.25) is 4.79 Å². The molecule has 1 amide bonds. The van der Waals surface area contributed by atoms with Crippen LogP contribution in [0.1, 0.15) is 37.2 Å². The molecule has 4 atom stereocenters. The van der Waals surface area contributed by atoms with Gasteiger partial charge < -0.3 is 10.6 Å². The van der Waals surface area contributed by atoms with Crippen LogP contribution in [-0.2, 0) is 4.79 Å². The summed E-state index contributed by atoms with van der Waals surface area (Å²) in [6, 6.07) is 10.5. The van der Waals surface area contributed by atoms with E-state index in [-0.39, 0.29) is 18.4 Å². The first-order chi connectivity index (χ1) is 10.3. The molecule has 3 nitrogen and oxygen atoms in total. The van der Waals surface area contributed by atoms with E-state index in [0.717, 1.165) is 13.1 Å². The number of hydrogen-bond acceptors (Lipinski definition) is 2. The van der Waals surface area contributed by atoms with Gasteiger partial charge in [0.15, 0.2) is 0 Å². The minimum atomic E-state index is 0. The first kappa shape index (κ1) is 15.8. The van der Waals surface area contributed by atoms with E-state index in [1.54, 1.807) is 0 Å². The molecular weight excluding hydrogens is 296 g/mol. The van der Waals surface area contributed by atoms with Gasteiger partial charge in [-0.1, -0.05) is 43.2 Å². The van der Waals surface area contributed by atoms with Crippen molar-refractivity contribution in [2.24, 2.45) is 23.5 Å². The molecule has 0 spiro atoms. The lowest BCUT2D eigenvalue weighted by molar-refractivity contribution is -0.132. The molecule has 120 valence electrons. The van der Waals surface area contributed by atoms with Crippen LogP contribution >= 0.6 is 12.4 Å². The molecule has 1 aromatic rings. The number of likely N-dealkylation sites (tertiary alicyclic amines) is 1. The topological polar surface area (TPSA) is 46.3 Å². The van der Waals surface area contributed by atoms with Crippen molar-refractivity contribution in [3.05, 3.63) is 35.9 Å². The molecular formula is C18H25ClN2O. The van der Waals surface area contributed by atoms with Crippen molar-refractivity contribution < 1.29 is 4.79 Å². The molecule has 0 bridgehead atoms. The lowest BCUT2D eigenvalue weighted by atomic mass is 9.95. The molecule has 2 aliphatic carbocycles. The van der Waals surface area contributed by atoms with Crippen LogP contribution in [0.15, 0.2) is 30.3 Å². The Morgan fingerprint density at radius 2 is 1.68 bits per heavy atom. The van der Waals surface area contributed by atoms with Crippen LogP contribution in [0.4, 0.5) is 0 Å². The van der Waals surface area contributed by atoms with E-state index in [9.17, 15) is 4.79 Å². The monoisotopic (exact) mass is 320 g/mol. The summed E-state index contributed by atoms with van der Waals surface area (Å²) in [7, 11) is 0. The van der Waals surface area contributed by atoms with E-state index < -0.39 is 0 Å². The summed E-state index contributed by atoms with van der Waals surface area (Å²) in [6.45, 7) is 1.54. The van der Waals surface area contributed by atoms with Crippen molar-refractivity contribution in [3.63, 3.8) is 0 Å². The summed E-state index contributed by atoms with van der Waals surface area (Å²) in [6.07, 6.45) is 5.17. The predicted octanol–water partition coefficient (Wildman–Crippen LogP) is 2.80. The van der Waals surface area contributed by atoms with E-state index in [1.807, 2.05) is 11.0 Å². The van der Waals surface area contributed by atoms with Gasteiger partial charge in [0.2, 0.25) is 5.91 Å². The Hall–Kier alpha value is -1.06. The van der Waals surface area contributed by atoms with E-state index in [0.29, 0.717) is 29.6 Å². The Bertz CT molecular complexity index is 523. The zero-order chi connectivity index (χ0) is 14.4. The van der Waals surface area contributed by atoms with Gasteiger partial charge in [0.25, 0.3) is 0 Å². The summed E-state index contributed by atoms with van der Waals surface area (Å²) in [5.41, 5.74) is 7.58. The zero-order valence-electron chi connectivity index (χ0n) is 12.9. The molecule has 3 aliphatic rings. The Morgan fingerprint density at radius 1 is 1.05 bits per heavy atom.